The van der Waals surface area contributed by atoms with Crippen molar-refractivity contribution in [1.29, 1.82) is 0 Å². The number of hydrogen-bond donors (Lipinski definition) is 1. The van der Waals surface area contributed by atoms with E-state index in [1.807, 2.05) is 0 Å². The van der Waals surface area contributed by atoms with Gasteiger partial charge in [0, 0.05) is 13.2 Å². The largest absolute Gasteiger partial charge is 0.396 e. The van der Waals surface area contributed by atoms with Crippen LogP contribution in [0.15, 0.2) is 24.3 Å². The molecule has 17 heavy (non-hydrogen) atoms. The molecule has 1 N–H and O–H groups in total. The Hall–Kier alpha value is -0.860. The van der Waals surface area contributed by atoms with Crippen LogP contribution in [0.3, 0.4) is 0 Å². The second kappa shape index (κ2) is 6.77. The van der Waals surface area contributed by atoms with Crippen LogP contribution in [0.4, 0.5) is 0 Å². The number of fused-ring (bicyclic) bond motifs is 1. The molecule has 0 atom stereocenters. The zero-order valence-electron chi connectivity index (χ0n) is 10.6. The summed E-state index contributed by atoms with van der Waals surface area (Å²) >= 11 is 0. The minimum absolute atomic E-state index is 0.336. The Morgan fingerprint density at radius 2 is 1.88 bits per heavy atom. The monoisotopic (exact) mass is 233 g/mol. The van der Waals surface area contributed by atoms with Crippen LogP contribution in [0.2, 0.25) is 0 Å². The van der Waals surface area contributed by atoms with Gasteiger partial charge in [0.1, 0.15) is 0 Å². The molecule has 0 amide bonds. The van der Waals surface area contributed by atoms with Crippen molar-refractivity contribution in [3.05, 3.63) is 35.4 Å². The molecule has 1 aliphatic heterocycles. The summed E-state index contributed by atoms with van der Waals surface area (Å²) in [5, 5.41) is 8.76. The first kappa shape index (κ1) is 12.6. The first-order chi connectivity index (χ1) is 8.40. The first-order valence-electron chi connectivity index (χ1n) is 6.80. The number of nitrogens with zero attached hydrogens (tertiary/aromatic N) is 1. The predicted octanol–water partition coefficient (Wildman–Crippen LogP) is 2.60. The minimum atomic E-state index is 0.336. The SMILES string of the molecule is OCCCCCN1CCCc2ccccc2C1. The summed E-state index contributed by atoms with van der Waals surface area (Å²) in [6.45, 7) is 3.83. The molecule has 1 heterocycles. The quantitative estimate of drug-likeness (QED) is 0.790. The Labute approximate surface area is 104 Å². The van der Waals surface area contributed by atoms with E-state index >= 15 is 0 Å². The van der Waals surface area contributed by atoms with E-state index in [9.17, 15) is 0 Å². The van der Waals surface area contributed by atoms with E-state index in [1.165, 1.54) is 43.5 Å². The summed E-state index contributed by atoms with van der Waals surface area (Å²) in [4.78, 5) is 2.56. The van der Waals surface area contributed by atoms with E-state index < -0.39 is 0 Å². The average molecular weight is 233 g/mol. The molecule has 1 aromatic carbocycles. The van der Waals surface area contributed by atoms with Crippen molar-refractivity contribution in [3.8, 4) is 0 Å². The van der Waals surface area contributed by atoms with Gasteiger partial charge < -0.3 is 5.11 Å². The molecular weight excluding hydrogens is 210 g/mol. The van der Waals surface area contributed by atoms with E-state index in [2.05, 4.69) is 29.2 Å². The van der Waals surface area contributed by atoms with Crippen molar-refractivity contribution in [3.63, 3.8) is 0 Å². The molecule has 0 radical (unpaired) electrons. The van der Waals surface area contributed by atoms with Gasteiger partial charge in [-0.1, -0.05) is 24.3 Å². The van der Waals surface area contributed by atoms with Crippen LogP contribution in [-0.2, 0) is 13.0 Å². The summed E-state index contributed by atoms with van der Waals surface area (Å²) in [6, 6.07) is 8.83. The standard InChI is InChI=1S/C15H23NO/c17-12-5-1-4-10-16-11-6-9-14-7-2-3-8-15(14)13-16/h2-3,7-8,17H,1,4-6,9-13H2. The third-order valence-electron chi connectivity index (χ3n) is 3.57. The van der Waals surface area contributed by atoms with Crippen molar-refractivity contribution >= 4 is 0 Å². The Morgan fingerprint density at radius 1 is 1.06 bits per heavy atom. The molecule has 0 unspecified atom stereocenters. The van der Waals surface area contributed by atoms with Gasteiger partial charge in [0.05, 0.1) is 0 Å². The summed E-state index contributed by atoms with van der Waals surface area (Å²) in [5.74, 6) is 0. The second-order valence-electron chi connectivity index (χ2n) is 4.93. The van der Waals surface area contributed by atoms with Gasteiger partial charge in [0.25, 0.3) is 0 Å². The molecule has 0 fully saturated rings. The van der Waals surface area contributed by atoms with Gasteiger partial charge in [0.2, 0.25) is 0 Å². The van der Waals surface area contributed by atoms with Crippen molar-refractivity contribution in [2.75, 3.05) is 19.7 Å². The molecule has 0 spiro atoms. The van der Waals surface area contributed by atoms with Gasteiger partial charge in [-0.2, -0.15) is 0 Å². The third kappa shape index (κ3) is 3.83. The van der Waals surface area contributed by atoms with Crippen molar-refractivity contribution in [2.45, 2.75) is 38.6 Å². The van der Waals surface area contributed by atoms with Crippen LogP contribution in [0.25, 0.3) is 0 Å². The van der Waals surface area contributed by atoms with Gasteiger partial charge in [-0.15, -0.1) is 0 Å². The Morgan fingerprint density at radius 3 is 2.71 bits per heavy atom. The lowest BCUT2D eigenvalue weighted by atomic mass is 10.0. The maximum absolute atomic E-state index is 8.76. The lowest BCUT2D eigenvalue weighted by Gasteiger charge is -2.20. The van der Waals surface area contributed by atoms with Crippen molar-refractivity contribution in [1.82, 2.24) is 4.90 Å². The van der Waals surface area contributed by atoms with Gasteiger partial charge in [0.15, 0.2) is 0 Å². The van der Waals surface area contributed by atoms with E-state index in [1.54, 1.807) is 0 Å². The van der Waals surface area contributed by atoms with Crippen LogP contribution in [0.1, 0.15) is 36.8 Å². The predicted molar refractivity (Wildman–Crippen MR) is 71.0 cm³/mol. The van der Waals surface area contributed by atoms with Gasteiger partial charge >= 0.3 is 0 Å². The van der Waals surface area contributed by atoms with Crippen LogP contribution >= 0.6 is 0 Å². The highest BCUT2D eigenvalue weighted by molar-refractivity contribution is 5.27. The number of benzene rings is 1. The molecule has 2 nitrogen and oxygen atoms in total. The second-order valence-corrected chi connectivity index (χ2v) is 4.93. The number of aliphatic hydroxyl groups excluding tert-OH is 1. The molecule has 2 rings (SSSR count). The average Bonchev–Trinajstić information content (AvgIpc) is 2.56. The van der Waals surface area contributed by atoms with Crippen molar-refractivity contribution < 1.29 is 5.11 Å². The highest BCUT2D eigenvalue weighted by atomic mass is 16.2. The van der Waals surface area contributed by atoms with E-state index in [0.29, 0.717) is 6.61 Å². The summed E-state index contributed by atoms with van der Waals surface area (Å²) in [6.07, 6.45) is 5.81. The third-order valence-corrected chi connectivity index (χ3v) is 3.57. The number of rotatable bonds is 5. The number of unbranched alkanes of at least 4 members (excludes halogenated alkanes) is 2. The summed E-state index contributed by atoms with van der Waals surface area (Å²) in [5.41, 5.74) is 3.04. The molecule has 2 heteroatoms. The Bertz CT molecular complexity index is 337. The fourth-order valence-electron chi connectivity index (χ4n) is 2.58. The molecule has 0 saturated carbocycles. The minimum Gasteiger partial charge on any atom is -0.396 e. The molecule has 0 saturated heterocycles. The maximum Gasteiger partial charge on any atom is 0.0431 e. The van der Waals surface area contributed by atoms with E-state index in [4.69, 9.17) is 5.11 Å². The molecule has 0 aromatic heterocycles. The first-order valence-corrected chi connectivity index (χ1v) is 6.80. The molecule has 94 valence electrons. The van der Waals surface area contributed by atoms with Gasteiger partial charge in [-0.05, 0) is 56.3 Å². The highest BCUT2D eigenvalue weighted by Gasteiger charge is 2.12. The van der Waals surface area contributed by atoms with E-state index in [0.717, 1.165) is 19.4 Å². The Kier molecular flexibility index (Phi) is 5.02. The number of hydrogen-bond acceptors (Lipinski definition) is 2. The summed E-state index contributed by atoms with van der Waals surface area (Å²) < 4.78 is 0. The fourth-order valence-corrected chi connectivity index (χ4v) is 2.58. The maximum atomic E-state index is 8.76. The van der Waals surface area contributed by atoms with Crippen LogP contribution in [-0.4, -0.2) is 29.7 Å². The number of aliphatic hydroxyl groups is 1. The molecule has 0 bridgehead atoms. The smallest absolute Gasteiger partial charge is 0.0431 e. The zero-order valence-corrected chi connectivity index (χ0v) is 10.6. The normalized spacial score (nSPS) is 16.5. The molecule has 1 aromatic rings. The van der Waals surface area contributed by atoms with E-state index in [-0.39, 0.29) is 0 Å². The Balaban J connectivity index is 1.85. The number of aryl methyl sites for hydroxylation is 1. The fraction of sp³-hybridized carbons (Fsp3) is 0.600. The molecular formula is C15H23NO. The van der Waals surface area contributed by atoms with Gasteiger partial charge in [-0.25, -0.2) is 0 Å². The van der Waals surface area contributed by atoms with Crippen LogP contribution < -0.4 is 0 Å². The van der Waals surface area contributed by atoms with Gasteiger partial charge in [-0.3, -0.25) is 4.90 Å². The van der Waals surface area contributed by atoms with Crippen molar-refractivity contribution in [2.24, 2.45) is 0 Å². The lowest BCUT2D eigenvalue weighted by molar-refractivity contribution is 0.249. The topological polar surface area (TPSA) is 23.5 Å². The zero-order chi connectivity index (χ0) is 11.9. The van der Waals surface area contributed by atoms with Crippen LogP contribution in [0, 0.1) is 0 Å². The lowest BCUT2D eigenvalue weighted by Crippen LogP contribution is -2.24. The molecule has 0 aliphatic carbocycles. The highest BCUT2D eigenvalue weighted by Crippen LogP contribution is 2.18. The molecule has 1 aliphatic rings. The van der Waals surface area contributed by atoms with Crippen LogP contribution in [0.5, 0.6) is 0 Å². The summed E-state index contributed by atoms with van der Waals surface area (Å²) in [7, 11) is 0.